The van der Waals surface area contributed by atoms with Crippen molar-refractivity contribution in [2.45, 2.75) is 0 Å². The Morgan fingerprint density at radius 1 is 1.11 bits per heavy atom. The SMILES string of the molecule is O=C(O)C(=O)O.[Cl][Mn].[NaH]. The first kappa shape index (κ1) is 16.4. The van der Waals surface area contributed by atoms with Gasteiger partial charge in [-0.3, -0.25) is 0 Å². The topological polar surface area (TPSA) is 74.6 Å². The van der Waals surface area contributed by atoms with Crippen LogP contribution < -0.4 is 0 Å². The molecule has 7 heteroatoms. The van der Waals surface area contributed by atoms with Crippen molar-refractivity contribution < 1.29 is 34.9 Å². The fraction of sp³-hybridized carbons (Fsp3) is 0. The molecule has 0 saturated heterocycles. The van der Waals surface area contributed by atoms with Gasteiger partial charge in [0.2, 0.25) is 0 Å². The Balaban J connectivity index is -0.000000109. The summed E-state index contributed by atoms with van der Waals surface area (Å²) in [4.78, 5) is 18.2. The molecule has 9 heavy (non-hydrogen) atoms. The Labute approximate surface area is 85.9 Å². The van der Waals surface area contributed by atoms with Gasteiger partial charge in [0.15, 0.2) is 0 Å². The van der Waals surface area contributed by atoms with Crippen LogP contribution in [0.2, 0.25) is 0 Å². The van der Waals surface area contributed by atoms with Crippen molar-refractivity contribution in [2.24, 2.45) is 0 Å². The Morgan fingerprint density at radius 3 is 1.22 bits per heavy atom. The van der Waals surface area contributed by atoms with Crippen LogP contribution >= 0.6 is 10.1 Å². The van der Waals surface area contributed by atoms with Crippen LogP contribution in [-0.4, -0.2) is 51.7 Å². The van der Waals surface area contributed by atoms with Crippen LogP contribution in [0.3, 0.4) is 0 Å². The molecule has 0 aliphatic heterocycles. The summed E-state index contributed by atoms with van der Waals surface area (Å²) in [5, 5.41) is 14.8. The Morgan fingerprint density at radius 2 is 1.22 bits per heavy atom. The monoisotopic (exact) mass is 204 g/mol. The van der Waals surface area contributed by atoms with Crippen LogP contribution in [0.5, 0.6) is 0 Å². The molecule has 0 radical (unpaired) electrons. The number of carboxylic acids is 2. The second kappa shape index (κ2) is 11.5. The van der Waals surface area contributed by atoms with E-state index in [2.05, 4.69) is 25.2 Å². The van der Waals surface area contributed by atoms with E-state index < -0.39 is 11.9 Å². The van der Waals surface area contributed by atoms with Crippen LogP contribution in [0.4, 0.5) is 0 Å². The third-order valence-corrected chi connectivity index (χ3v) is 0.183. The molecule has 0 aromatic rings. The van der Waals surface area contributed by atoms with E-state index in [1.54, 1.807) is 0 Å². The fourth-order valence-corrected chi connectivity index (χ4v) is 0. The van der Waals surface area contributed by atoms with Crippen molar-refractivity contribution in [1.29, 1.82) is 0 Å². The standard InChI is InChI=1S/C2H2O4.ClH.Mn.Na.H/c3-1(4)2(5)6;;;;/h(H,3,4)(H,5,6);1H;;;/q;;+1;;/p-1. The van der Waals surface area contributed by atoms with Gasteiger partial charge in [0.05, 0.1) is 0 Å². The first-order valence-electron chi connectivity index (χ1n) is 1.25. The van der Waals surface area contributed by atoms with E-state index in [4.69, 9.17) is 19.8 Å². The average Bonchev–Trinajstić information content (AvgIpc) is 1.72. The molecule has 0 aliphatic carbocycles. The van der Waals surface area contributed by atoms with Gasteiger partial charge in [-0.1, -0.05) is 0 Å². The first-order valence-corrected chi connectivity index (χ1v) is 2.87. The van der Waals surface area contributed by atoms with Crippen molar-refractivity contribution in [1.82, 2.24) is 0 Å². The molecule has 4 nitrogen and oxygen atoms in total. The van der Waals surface area contributed by atoms with E-state index in [0.29, 0.717) is 0 Å². The van der Waals surface area contributed by atoms with Crippen molar-refractivity contribution in [3.05, 3.63) is 0 Å². The predicted octanol–water partition coefficient (Wildman–Crippen LogP) is -0.806. The van der Waals surface area contributed by atoms with E-state index in [-0.39, 0.29) is 29.6 Å². The van der Waals surface area contributed by atoms with E-state index in [9.17, 15) is 0 Å². The summed E-state index contributed by atoms with van der Waals surface area (Å²) in [5.74, 6) is -3.65. The third kappa shape index (κ3) is 17.7. The van der Waals surface area contributed by atoms with Gasteiger partial charge in [0, 0.05) is 0 Å². The van der Waals surface area contributed by atoms with Gasteiger partial charge in [-0.25, -0.2) is 9.59 Å². The van der Waals surface area contributed by atoms with Gasteiger partial charge in [0.1, 0.15) is 0 Å². The molecular weight excluding hydrogens is 201 g/mol. The van der Waals surface area contributed by atoms with Gasteiger partial charge < -0.3 is 10.2 Å². The second-order valence-corrected chi connectivity index (χ2v) is 0.610. The molecule has 0 unspecified atom stereocenters. The van der Waals surface area contributed by atoms with E-state index >= 15 is 0 Å². The number of halogens is 1. The molecule has 0 bridgehead atoms. The van der Waals surface area contributed by atoms with Gasteiger partial charge in [-0.2, -0.15) is 0 Å². The molecule has 0 heterocycles. The van der Waals surface area contributed by atoms with Crippen LogP contribution in [0.1, 0.15) is 0 Å². The van der Waals surface area contributed by atoms with Crippen LogP contribution in [0, 0.1) is 0 Å². The van der Waals surface area contributed by atoms with E-state index in [1.807, 2.05) is 0 Å². The Kier molecular flexibility index (Phi) is 21.0. The quantitative estimate of drug-likeness (QED) is 0.400. The zero-order chi connectivity index (χ0) is 7.15. The number of hydrogen-bond donors (Lipinski definition) is 2. The number of carbonyl (C=O) groups is 2. The fourth-order valence-electron chi connectivity index (χ4n) is 0. The van der Waals surface area contributed by atoms with Gasteiger partial charge >= 0.3 is 66.7 Å². The zero-order valence-corrected chi connectivity index (χ0v) is 5.40. The van der Waals surface area contributed by atoms with Crippen molar-refractivity contribution in [3.8, 4) is 0 Å². The number of aliphatic carboxylic acids is 2. The minimum atomic E-state index is -1.82. The maximum absolute atomic E-state index is 9.10. The second-order valence-electron chi connectivity index (χ2n) is 0.610. The normalized spacial score (nSPS) is 5.56. The van der Waals surface area contributed by atoms with Gasteiger partial charge in [-0.05, 0) is 0 Å². The number of rotatable bonds is 0. The summed E-state index contributed by atoms with van der Waals surface area (Å²) in [6.07, 6.45) is 0. The molecule has 0 aromatic carbocycles. The maximum atomic E-state index is 9.10. The van der Waals surface area contributed by atoms with Crippen molar-refractivity contribution in [2.75, 3.05) is 0 Å². The van der Waals surface area contributed by atoms with Crippen LogP contribution in [0.15, 0.2) is 0 Å². The summed E-state index contributed by atoms with van der Waals surface area (Å²) >= 11 is 2.41. The summed E-state index contributed by atoms with van der Waals surface area (Å²) in [6.45, 7) is 0. The molecule has 0 saturated carbocycles. The van der Waals surface area contributed by atoms with E-state index in [0.717, 1.165) is 0 Å². The van der Waals surface area contributed by atoms with Gasteiger partial charge in [0.25, 0.3) is 0 Å². The molecule has 2 N–H and O–H groups in total. The minimum absolute atomic E-state index is 0. The van der Waals surface area contributed by atoms with E-state index in [1.165, 1.54) is 0 Å². The predicted molar refractivity (Wildman–Crippen MR) is 28.3 cm³/mol. The molecule has 0 amide bonds. The molecule has 0 fully saturated rings. The summed E-state index contributed by atoms with van der Waals surface area (Å²) in [7, 11) is 4.45. The molecule has 0 aliphatic rings. The van der Waals surface area contributed by atoms with Crippen LogP contribution in [0.25, 0.3) is 0 Å². The average molecular weight is 204 g/mol. The van der Waals surface area contributed by atoms with Gasteiger partial charge in [-0.15, -0.1) is 0 Å². The summed E-state index contributed by atoms with van der Waals surface area (Å²) in [6, 6.07) is 0. The molecule has 0 spiro atoms. The summed E-state index contributed by atoms with van der Waals surface area (Å²) < 4.78 is 0. The number of hydrogen-bond acceptors (Lipinski definition) is 2. The summed E-state index contributed by atoms with van der Waals surface area (Å²) in [5.41, 5.74) is 0. The number of carboxylic acid groups (broad SMARTS) is 2. The van der Waals surface area contributed by atoms with Crippen molar-refractivity contribution in [3.63, 3.8) is 0 Å². The zero-order valence-electron chi connectivity index (χ0n) is 3.47. The van der Waals surface area contributed by atoms with Crippen molar-refractivity contribution >= 4 is 51.6 Å². The Bertz CT molecular complexity index is 84.6. The molecule has 0 aromatic heterocycles. The molecular formula is C2H3ClMnNaO4. The third-order valence-electron chi connectivity index (χ3n) is 0.183. The molecule has 50 valence electrons. The van der Waals surface area contributed by atoms with Crippen LogP contribution in [-0.2, 0) is 24.7 Å². The first-order chi connectivity index (χ1) is 3.64. The Hall–Kier alpha value is 0.749. The molecule has 0 atom stereocenters. The molecule has 0 rings (SSSR count).